The van der Waals surface area contributed by atoms with Gasteiger partial charge in [0.15, 0.2) is 0 Å². The zero-order chi connectivity index (χ0) is 13.8. The summed E-state index contributed by atoms with van der Waals surface area (Å²) in [5.41, 5.74) is 10.3. The SMILES string of the molecule is CN=C(N)c1cc(C)c(Cc2ccccc2)cc1Cl. The molecule has 2 aromatic carbocycles. The van der Waals surface area contributed by atoms with Crippen molar-refractivity contribution in [1.29, 1.82) is 0 Å². The van der Waals surface area contributed by atoms with Gasteiger partial charge in [-0.25, -0.2) is 0 Å². The Bertz CT molecular complexity index is 604. The van der Waals surface area contributed by atoms with Crippen molar-refractivity contribution >= 4 is 17.4 Å². The van der Waals surface area contributed by atoms with E-state index in [2.05, 4.69) is 24.0 Å². The number of hydrogen-bond donors (Lipinski definition) is 1. The Hall–Kier alpha value is -1.80. The molecule has 2 rings (SSSR count). The summed E-state index contributed by atoms with van der Waals surface area (Å²) in [6.07, 6.45) is 0.871. The van der Waals surface area contributed by atoms with Crippen molar-refractivity contribution in [2.45, 2.75) is 13.3 Å². The molecule has 19 heavy (non-hydrogen) atoms. The zero-order valence-corrected chi connectivity index (χ0v) is 11.9. The van der Waals surface area contributed by atoms with E-state index in [0.717, 1.165) is 12.0 Å². The van der Waals surface area contributed by atoms with E-state index in [-0.39, 0.29) is 0 Å². The van der Waals surface area contributed by atoms with Crippen LogP contribution in [0.4, 0.5) is 0 Å². The fraction of sp³-hybridized carbons (Fsp3) is 0.188. The van der Waals surface area contributed by atoms with Crippen molar-refractivity contribution < 1.29 is 0 Å². The van der Waals surface area contributed by atoms with Gasteiger partial charge in [-0.15, -0.1) is 0 Å². The lowest BCUT2D eigenvalue weighted by Crippen LogP contribution is -2.14. The van der Waals surface area contributed by atoms with Gasteiger partial charge in [-0.3, -0.25) is 4.99 Å². The first-order chi connectivity index (χ1) is 9.11. The van der Waals surface area contributed by atoms with Crippen molar-refractivity contribution in [2.24, 2.45) is 10.7 Å². The van der Waals surface area contributed by atoms with Gasteiger partial charge in [0.2, 0.25) is 0 Å². The summed E-state index contributed by atoms with van der Waals surface area (Å²) < 4.78 is 0. The molecule has 0 saturated carbocycles. The molecule has 0 aliphatic rings. The van der Waals surface area contributed by atoms with Crippen LogP contribution in [-0.4, -0.2) is 12.9 Å². The summed E-state index contributed by atoms with van der Waals surface area (Å²) in [5.74, 6) is 0.472. The molecule has 2 N–H and O–H groups in total. The number of hydrogen-bond acceptors (Lipinski definition) is 1. The molecule has 98 valence electrons. The fourth-order valence-electron chi connectivity index (χ4n) is 2.05. The highest BCUT2D eigenvalue weighted by Gasteiger charge is 2.09. The Kier molecular flexibility index (Phi) is 4.23. The molecular weight excluding hydrogens is 256 g/mol. The second-order valence-corrected chi connectivity index (χ2v) is 4.94. The van der Waals surface area contributed by atoms with Gasteiger partial charge in [-0.1, -0.05) is 41.9 Å². The van der Waals surface area contributed by atoms with Crippen LogP contribution in [0, 0.1) is 6.92 Å². The topological polar surface area (TPSA) is 38.4 Å². The second-order valence-electron chi connectivity index (χ2n) is 4.53. The molecule has 0 amide bonds. The summed E-state index contributed by atoms with van der Waals surface area (Å²) in [6, 6.07) is 14.3. The number of benzene rings is 2. The van der Waals surface area contributed by atoms with Gasteiger partial charge < -0.3 is 5.73 Å². The number of rotatable bonds is 3. The zero-order valence-electron chi connectivity index (χ0n) is 11.2. The Morgan fingerprint density at radius 3 is 2.53 bits per heavy atom. The van der Waals surface area contributed by atoms with Crippen LogP contribution in [0.15, 0.2) is 47.5 Å². The van der Waals surface area contributed by atoms with E-state index < -0.39 is 0 Å². The van der Waals surface area contributed by atoms with Gasteiger partial charge in [0, 0.05) is 12.6 Å². The summed E-state index contributed by atoms with van der Waals surface area (Å²) in [5, 5.41) is 0.652. The Morgan fingerprint density at radius 2 is 1.89 bits per heavy atom. The third kappa shape index (κ3) is 3.15. The van der Waals surface area contributed by atoms with E-state index >= 15 is 0 Å². The molecule has 0 fully saturated rings. The van der Waals surface area contributed by atoms with Gasteiger partial charge in [-0.2, -0.15) is 0 Å². The van der Waals surface area contributed by atoms with Crippen LogP contribution in [0.3, 0.4) is 0 Å². The molecule has 0 radical (unpaired) electrons. The highest BCUT2D eigenvalue weighted by molar-refractivity contribution is 6.34. The first kappa shape index (κ1) is 13.6. The summed E-state index contributed by atoms with van der Waals surface area (Å²) in [4.78, 5) is 3.98. The predicted octanol–water partition coefficient (Wildman–Crippen LogP) is 3.57. The number of nitrogens with two attached hydrogens (primary N) is 1. The number of aliphatic imine (C=N–C) groups is 1. The van der Waals surface area contributed by atoms with Gasteiger partial charge >= 0.3 is 0 Å². The molecule has 0 aromatic heterocycles. The van der Waals surface area contributed by atoms with Gasteiger partial charge in [0.05, 0.1) is 5.02 Å². The van der Waals surface area contributed by atoms with Gasteiger partial charge in [0.25, 0.3) is 0 Å². The lowest BCUT2D eigenvalue weighted by atomic mass is 9.98. The van der Waals surface area contributed by atoms with Crippen molar-refractivity contribution in [2.75, 3.05) is 7.05 Å². The van der Waals surface area contributed by atoms with Crippen LogP contribution >= 0.6 is 11.6 Å². The van der Waals surface area contributed by atoms with Crippen LogP contribution in [-0.2, 0) is 6.42 Å². The summed E-state index contributed by atoms with van der Waals surface area (Å²) in [6.45, 7) is 2.07. The second kappa shape index (κ2) is 5.89. The van der Waals surface area contributed by atoms with Crippen molar-refractivity contribution in [3.05, 3.63) is 69.7 Å². The number of halogens is 1. The lowest BCUT2D eigenvalue weighted by molar-refractivity contribution is 1.15. The number of nitrogens with zero attached hydrogens (tertiary/aromatic N) is 1. The van der Waals surface area contributed by atoms with E-state index in [9.17, 15) is 0 Å². The lowest BCUT2D eigenvalue weighted by Gasteiger charge is -2.11. The fourth-order valence-corrected chi connectivity index (χ4v) is 2.33. The third-order valence-corrected chi connectivity index (χ3v) is 3.49. The van der Waals surface area contributed by atoms with Crippen LogP contribution in [0.2, 0.25) is 5.02 Å². The van der Waals surface area contributed by atoms with Crippen LogP contribution in [0.1, 0.15) is 22.3 Å². The molecular formula is C16H17ClN2. The van der Waals surface area contributed by atoms with E-state index in [1.807, 2.05) is 30.3 Å². The van der Waals surface area contributed by atoms with Crippen LogP contribution in [0.25, 0.3) is 0 Å². The maximum atomic E-state index is 6.28. The first-order valence-corrected chi connectivity index (χ1v) is 6.55. The molecule has 3 heteroatoms. The predicted molar refractivity (Wildman–Crippen MR) is 82.1 cm³/mol. The van der Waals surface area contributed by atoms with Crippen molar-refractivity contribution in [3.8, 4) is 0 Å². The van der Waals surface area contributed by atoms with E-state index in [0.29, 0.717) is 10.9 Å². The molecule has 0 aliphatic heterocycles. The van der Waals surface area contributed by atoms with Gasteiger partial charge in [-0.05, 0) is 42.2 Å². The highest BCUT2D eigenvalue weighted by Crippen LogP contribution is 2.23. The first-order valence-electron chi connectivity index (χ1n) is 6.17. The molecule has 0 bridgehead atoms. The average molecular weight is 273 g/mol. The van der Waals surface area contributed by atoms with Crippen molar-refractivity contribution in [3.63, 3.8) is 0 Å². The minimum atomic E-state index is 0.472. The molecule has 2 nitrogen and oxygen atoms in total. The van der Waals surface area contributed by atoms with Gasteiger partial charge in [0.1, 0.15) is 5.84 Å². The Balaban J connectivity index is 2.36. The van der Waals surface area contributed by atoms with Crippen molar-refractivity contribution in [1.82, 2.24) is 0 Å². The standard InChI is InChI=1S/C16H17ClN2/c1-11-8-14(16(18)19-2)15(17)10-13(11)9-12-6-4-3-5-7-12/h3-8,10H,9H2,1-2H3,(H2,18,19). The smallest absolute Gasteiger partial charge is 0.126 e. The molecule has 0 atom stereocenters. The third-order valence-electron chi connectivity index (χ3n) is 3.18. The maximum Gasteiger partial charge on any atom is 0.126 e. The molecule has 0 saturated heterocycles. The van der Waals surface area contributed by atoms with E-state index in [1.165, 1.54) is 16.7 Å². The normalized spacial score (nSPS) is 11.6. The average Bonchev–Trinajstić information content (AvgIpc) is 2.43. The molecule has 2 aromatic rings. The minimum absolute atomic E-state index is 0.472. The monoisotopic (exact) mass is 272 g/mol. The summed E-state index contributed by atoms with van der Waals surface area (Å²) in [7, 11) is 1.67. The minimum Gasteiger partial charge on any atom is -0.383 e. The van der Waals surface area contributed by atoms with Crippen LogP contribution in [0.5, 0.6) is 0 Å². The van der Waals surface area contributed by atoms with Crippen LogP contribution < -0.4 is 5.73 Å². The Labute approximate surface area is 118 Å². The Morgan fingerprint density at radius 1 is 1.21 bits per heavy atom. The molecule has 0 aliphatic carbocycles. The molecule has 0 spiro atoms. The molecule has 0 unspecified atom stereocenters. The van der Waals surface area contributed by atoms with E-state index in [4.69, 9.17) is 17.3 Å². The van der Waals surface area contributed by atoms with E-state index in [1.54, 1.807) is 7.05 Å². The number of amidine groups is 1. The largest absolute Gasteiger partial charge is 0.383 e. The molecule has 0 heterocycles. The summed E-state index contributed by atoms with van der Waals surface area (Å²) >= 11 is 6.28. The maximum absolute atomic E-state index is 6.28. The highest BCUT2D eigenvalue weighted by atomic mass is 35.5. The quantitative estimate of drug-likeness (QED) is 0.673. The number of aryl methyl sites for hydroxylation is 1.